The van der Waals surface area contributed by atoms with Gasteiger partial charge in [-0.05, 0) is 57.6 Å². The number of aryl methyl sites for hydroxylation is 1. The topological polar surface area (TPSA) is 83.1 Å². The van der Waals surface area contributed by atoms with Gasteiger partial charge in [-0.3, -0.25) is 0 Å². The molecular formula is C26H33N7O. The Kier molecular flexibility index (Phi) is 6.32. The number of aromatic amines is 1. The summed E-state index contributed by atoms with van der Waals surface area (Å²) in [5, 5.41) is 2.27. The number of fused-ring (bicyclic) bond motifs is 2. The van der Waals surface area contributed by atoms with E-state index in [0.29, 0.717) is 18.2 Å². The molecule has 1 saturated heterocycles. The summed E-state index contributed by atoms with van der Waals surface area (Å²) in [6.07, 6.45) is 5.46. The molecule has 1 aliphatic heterocycles. The van der Waals surface area contributed by atoms with E-state index in [9.17, 15) is 0 Å². The summed E-state index contributed by atoms with van der Waals surface area (Å²) in [4.78, 5) is 26.0. The van der Waals surface area contributed by atoms with E-state index in [1.807, 2.05) is 0 Å². The standard InChI is InChI=1S/C26H33N7O/c1-5-32(25-23-24(28-15-27-23)29-16-30-25)14-20-13-19-8-6-7-18(4)22(19)26(31-20)34-21-9-11-33(12-10-21)17(2)3/h6-8,13,15-17,21H,5,9-12,14H2,1-4H3,(H,27,28,29,30). The predicted molar refractivity (Wildman–Crippen MR) is 135 cm³/mol. The highest BCUT2D eigenvalue weighted by molar-refractivity contribution is 5.90. The van der Waals surface area contributed by atoms with E-state index in [-0.39, 0.29) is 6.10 Å². The van der Waals surface area contributed by atoms with Gasteiger partial charge in [0.05, 0.1) is 18.6 Å². The van der Waals surface area contributed by atoms with Gasteiger partial charge in [-0.1, -0.05) is 18.2 Å². The summed E-state index contributed by atoms with van der Waals surface area (Å²) in [5.74, 6) is 1.58. The van der Waals surface area contributed by atoms with Gasteiger partial charge in [0.25, 0.3) is 0 Å². The molecule has 8 nitrogen and oxygen atoms in total. The minimum Gasteiger partial charge on any atom is -0.474 e. The van der Waals surface area contributed by atoms with Gasteiger partial charge < -0.3 is 19.5 Å². The summed E-state index contributed by atoms with van der Waals surface area (Å²) >= 11 is 0. The number of H-pyrrole nitrogens is 1. The molecule has 0 bridgehead atoms. The Morgan fingerprint density at radius 2 is 2.00 bits per heavy atom. The molecule has 1 N–H and O–H groups in total. The Hall–Kier alpha value is -3.26. The smallest absolute Gasteiger partial charge is 0.222 e. The average Bonchev–Trinajstić information content (AvgIpc) is 3.32. The highest BCUT2D eigenvalue weighted by Crippen LogP contribution is 2.31. The molecule has 1 aromatic carbocycles. The van der Waals surface area contributed by atoms with Crippen molar-refractivity contribution in [1.29, 1.82) is 0 Å². The Morgan fingerprint density at radius 3 is 2.76 bits per heavy atom. The number of piperidine rings is 1. The highest BCUT2D eigenvalue weighted by atomic mass is 16.5. The molecule has 0 aliphatic carbocycles. The first-order valence-corrected chi connectivity index (χ1v) is 12.2. The first kappa shape index (κ1) is 22.5. The van der Waals surface area contributed by atoms with E-state index < -0.39 is 0 Å². The van der Waals surface area contributed by atoms with Crippen LogP contribution >= 0.6 is 0 Å². The summed E-state index contributed by atoms with van der Waals surface area (Å²) in [6, 6.07) is 9.13. The van der Waals surface area contributed by atoms with Crippen LogP contribution in [0.3, 0.4) is 0 Å². The second kappa shape index (κ2) is 9.54. The average molecular weight is 460 g/mol. The van der Waals surface area contributed by atoms with Crippen molar-refractivity contribution in [2.24, 2.45) is 0 Å². The van der Waals surface area contributed by atoms with Crippen molar-refractivity contribution in [3.8, 4) is 5.88 Å². The second-order valence-corrected chi connectivity index (χ2v) is 9.35. The van der Waals surface area contributed by atoms with Gasteiger partial charge in [0.2, 0.25) is 5.88 Å². The maximum atomic E-state index is 6.60. The molecule has 3 aromatic heterocycles. The third-order valence-electron chi connectivity index (χ3n) is 6.81. The second-order valence-electron chi connectivity index (χ2n) is 9.35. The van der Waals surface area contributed by atoms with Crippen molar-refractivity contribution in [2.45, 2.75) is 59.2 Å². The molecule has 4 heterocycles. The van der Waals surface area contributed by atoms with Crippen LogP contribution in [0.2, 0.25) is 0 Å². The molecule has 1 fully saturated rings. The zero-order chi connectivity index (χ0) is 23.7. The number of benzene rings is 1. The number of nitrogens with one attached hydrogen (secondary N) is 1. The molecule has 0 saturated carbocycles. The number of nitrogens with zero attached hydrogens (tertiary/aromatic N) is 6. The number of anilines is 1. The third kappa shape index (κ3) is 4.42. The Morgan fingerprint density at radius 1 is 1.18 bits per heavy atom. The summed E-state index contributed by atoms with van der Waals surface area (Å²) in [6.45, 7) is 12.3. The van der Waals surface area contributed by atoms with Crippen molar-refractivity contribution >= 4 is 27.8 Å². The molecule has 5 rings (SSSR count). The predicted octanol–water partition coefficient (Wildman–Crippen LogP) is 4.49. The molecule has 0 unspecified atom stereocenters. The number of ether oxygens (including phenoxy) is 1. The summed E-state index contributed by atoms with van der Waals surface area (Å²) in [5.41, 5.74) is 3.66. The number of rotatable bonds is 7. The SMILES string of the molecule is CCN(Cc1cc2cccc(C)c2c(OC2CCN(C(C)C)CC2)n1)c1ncnc2nc[nH]c12. The molecule has 0 radical (unpaired) electrons. The van der Waals surface area contributed by atoms with Crippen LogP contribution < -0.4 is 9.64 Å². The quantitative estimate of drug-likeness (QED) is 0.436. The van der Waals surface area contributed by atoms with Crippen molar-refractivity contribution in [2.75, 3.05) is 24.5 Å². The van der Waals surface area contributed by atoms with Crippen molar-refractivity contribution < 1.29 is 4.74 Å². The van der Waals surface area contributed by atoms with Gasteiger partial charge in [-0.25, -0.2) is 19.9 Å². The fourth-order valence-electron chi connectivity index (χ4n) is 4.86. The molecule has 34 heavy (non-hydrogen) atoms. The van der Waals surface area contributed by atoms with Crippen molar-refractivity contribution in [3.63, 3.8) is 0 Å². The van der Waals surface area contributed by atoms with E-state index in [4.69, 9.17) is 9.72 Å². The lowest BCUT2D eigenvalue weighted by Gasteiger charge is -2.34. The first-order chi connectivity index (χ1) is 16.5. The molecule has 8 heteroatoms. The third-order valence-corrected chi connectivity index (χ3v) is 6.81. The van der Waals surface area contributed by atoms with Gasteiger partial charge in [0.15, 0.2) is 11.5 Å². The Bertz CT molecular complexity index is 1280. The molecule has 0 amide bonds. The van der Waals surface area contributed by atoms with Gasteiger partial charge in [-0.2, -0.15) is 0 Å². The molecular weight excluding hydrogens is 426 g/mol. The van der Waals surface area contributed by atoms with Crippen LogP contribution in [-0.2, 0) is 6.54 Å². The number of hydrogen-bond donors (Lipinski definition) is 1. The zero-order valence-electron chi connectivity index (χ0n) is 20.5. The van der Waals surface area contributed by atoms with Crippen LogP contribution in [0.1, 0.15) is 44.9 Å². The highest BCUT2D eigenvalue weighted by Gasteiger charge is 2.24. The summed E-state index contributed by atoms with van der Waals surface area (Å²) in [7, 11) is 0. The lowest BCUT2D eigenvalue weighted by Crippen LogP contribution is -2.41. The van der Waals surface area contributed by atoms with Crippen molar-refractivity contribution in [1.82, 2.24) is 29.8 Å². The minimum atomic E-state index is 0.189. The van der Waals surface area contributed by atoms with Crippen LogP contribution in [0.5, 0.6) is 5.88 Å². The lowest BCUT2D eigenvalue weighted by molar-refractivity contribution is 0.0822. The number of hydrogen-bond acceptors (Lipinski definition) is 7. The number of pyridine rings is 1. The van der Waals surface area contributed by atoms with Crippen LogP contribution in [0, 0.1) is 6.92 Å². The molecule has 178 valence electrons. The fourth-order valence-corrected chi connectivity index (χ4v) is 4.86. The largest absolute Gasteiger partial charge is 0.474 e. The van der Waals surface area contributed by atoms with Crippen LogP contribution in [-0.4, -0.2) is 61.6 Å². The Labute approximate surface area is 200 Å². The van der Waals surface area contributed by atoms with Crippen LogP contribution in [0.25, 0.3) is 21.9 Å². The number of likely N-dealkylation sites (tertiary alicyclic amines) is 1. The normalized spacial score (nSPS) is 15.4. The zero-order valence-corrected chi connectivity index (χ0v) is 20.5. The van der Waals surface area contributed by atoms with Gasteiger partial charge in [-0.15, -0.1) is 0 Å². The van der Waals surface area contributed by atoms with Crippen LogP contribution in [0.15, 0.2) is 36.9 Å². The van der Waals surface area contributed by atoms with E-state index in [0.717, 1.165) is 66.2 Å². The minimum absolute atomic E-state index is 0.189. The van der Waals surface area contributed by atoms with Gasteiger partial charge in [0, 0.05) is 31.1 Å². The van der Waals surface area contributed by atoms with Crippen LogP contribution in [0.4, 0.5) is 5.82 Å². The van der Waals surface area contributed by atoms with E-state index in [1.54, 1.807) is 12.7 Å². The molecule has 1 aliphatic rings. The first-order valence-electron chi connectivity index (χ1n) is 12.2. The molecule has 4 aromatic rings. The number of aromatic nitrogens is 5. The Balaban J connectivity index is 1.46. The number of imidazole rings is 1. The van der Waals surface area contributed by atoms with Gasteiger partial charge >= 0.3 is 0 Å². The van der Waals surface area contributed by atoms with Crippen molar-refractivity contribution in [3.05, 3.63) is 48.2 Å². The maximum Gasteiger partial charge on any atom is 0.222 e. The lowest BCUT2D eigenvalue weighted by atomic mass is 10.0. The van der Waals surface area contributed by atoms with Gasteiger partial charge in [0.1, 0.15) is 17.9 Å². The fraction of sp³-hybridized carbons (Fsp3) is 0.462. The van der Waals surface area contributed by atoms with E-state index in [2.05, 4.69) is 81.7 Å². The van der Waals surface area contributed by atoms with E-state index in [1.165, 1.54) is 5.56 Å². The molecule has 0 atom stereocenters. The monoisotopic (exact) mass is 459 g/mol. The molecule has 0 spiro atoms. The maximum absolute atomic E-state index is 6.60. The van der Waals surface area contributed by atoms with E-state index >= 15 is 0 Å². The summed E-state index contributed by atoms with van der Waals surface area (Å²) < 4.78 is 6.60.